The van der Waals surface area contributed by atoms with Crippen LogP contribution in [0.15, 0.2) is 42.7 Å². The number of piperidine rings is 1. The molecular formula is C18H21N3O2. The van der Waals surface area contributed by atoms with Crippen molar-refractivity contribution >= 4 is 11.7 Å². The summed E-state index contributed by atoms with van der Waals surface area (Å²) in [4.78, 5) is 27.4. The molecule has 1 aliphatic heterocycles. The lowest BCUT2D eigenvalue weighted by molar-refractivity contribution is 0.0913. The van der Waals surface area contributed by atoms with Gasteiger partial charge in [-0.25, -0.2) is 0 Å². The topological polar surface area (TPSA) is 74.0 Å². The van der Waals surface area contributed by atoms with E-state index in [1.54, 1.807) is 42.7 Å². The van der Waals surface area contributed by atoms with Crippen molar-refractivity contribution in [1.29, 1.82) is 0 Å². The molecule has 0 aliphatic carbocycles. The smallest absolute Gasteiger partial charge is 0.251 e. The monoisotopic (exact) mass is 311 g/mol. The zero-order valence-corrected chi connectivity index (χ0v) is 13.1. The second kappa shape index (κ2) is 6.79. The van der Waals surface area contributed by atoms with Crippen LogP contribution >= 0.6 is 0 Å². The average Bonchev–Trinajstić information content (AvgIpc) is 3.11. The van der Waals surface area contributed by atoms with Gasteiger partial charge in [0.1, 0.15) is 0 Å². The highest BCUT2D eigenvalue weighted by Gasteiger charge is 2.23. The number of H-pyrrole nitrogens is 1. The molecule has 0 saturated carbocycles. The fourth-order valence-electron chi connectivity index (χ4n) is 2.88. The van der Waals surface area contributed by atoms with Crippen molar-refractivity contribution in [1.82, 2.24) is 15.6 Å². The van der Waals surface area contributed by atoms with E-state index in [1.807, 2.05) is 0 Å². The molecule has 2 atom stereocenters. The molecule has 0 spiro atoms. The quantitative estimate of drug-likeness (QED) is 0.756. The van der Waals surface area contributed by atoms with Gasteiger partial charge in [0.15, 0.2) is 5.78 Å². The molecule has 1 aliphatic rings. The largest absolute Gasteiger partial charge is 0.367 e. The van der Waals surface area contributed by atoms with Crippen molar-refractivity contribution in [3.05, 3.63) is 59.4 Å². The lowest BCUT2D eigenvalue weighted by Gasteiger charge is -2.30. The summed E-state index contributed by atoms with van der Waals surface area (Å²) in [6.45, 7) is 3.99. The predicted octanol–water partition coefficient (Wildman–Crippen LogP) is 1.97. The Morgan fingerprint density at radius 1 is 1.09 bits per heavy atom. The third kappa shape index (κ3) is 3.51. The molecule has 1 saturated heterocycles. The van der Waals surface area contributed by atoms with Crippen LogP contribution in [0, 0.1) is 5.92 Å². The van der Waals surface area contributed by atoms with E-state index in [9.17, 15) is 9.59 Å². The van der Waals surface area contributed by atoms with Crippen LogP contribution in [-0.2, 0) is 0 Å². The number of benzene rings is 1. The standard InChI is InChI=1S/C18H21N3O2/c1-12-10-19-9-7-16(12)21-18(23)14-4-2-13(3-5-14)17(22)15-6-8-20-11-15/h2-6,8,11-12,16,19-20H,7,9-10H2,1H3,(H,21,23). The summed E-state index contributed by atoms with van der Waals surface area (Å²) in [6, 6.07) is 8.76. The molecule has 5 nitrogen and oxygen atoms in total. The van der Waals surface area contributed by atoms with E-state index >= 15 is 0 Å². The Labute approximate surface area is 135 Å². The van der Waals surface area contributed by atoms with Crippen LogP contribution in [0.25, 0.3) is 0 Å². The molecule has 23 heavy (non-hydrogen) atoms. The van der Waals surface area contributed by atoms with Gasteiger partial charge in [-0.3, -0.25) is 9.59 Å². The lowest BCUT2D eigenvalue weighted by atomic mass is 9.95. The highest BCUT2D eigenvalue weighted by Crippen LogP contribution is 2.13. The first kappa shape index (κ1) is 15.5. The predicted molar refractivity (Wildman–Crippen MR) is 88.6 cm³/mol. The van der Waals surface area contributed by atoms with Crippen LogP contribution in [0.4, 0.5) is 0 Å². The van der Waals surface area contributed by atoms with Crippen LogP contribution in [0.2, 0.25) is 0 Å². The van der Waals surface area contributed by atoms with Crippen molar-refractivity contribution in [2.45, 2.75) is 19.4 Å². The maximum absolute atomic E-state index is 12.3. The van der Waals surface area contributed by atoms with Gasteiger partial charge in [0.2, 0.25) is 0 Å². The summed E-state index contributed by atoms with van der Waals surface area (Å²) in [6.07, 6.45) is 4.33. The number of carbonyl (C=O) groups is 2. The van der Waals surface area contributed by atoms with Crippen molar-refractivity contribution in [3.63, 3.8) is 0 Å². The summed E-state index contributed by atoms with van der Waals surface area (Å²) >= 11 is 0. The van der Waals surface area contributed by atoms with Gasteiger partial charge in [-0.15, -0.1) is 0 Å². The van der Waals surface area contributed by atoms with E-state index in [2.05, 4.69) is 22.5 Å². The zero-order valence-electron chi connectivity index (χ0n) is 13.1. The molecule has 1 amide bonds. The fraction of sp³-hybridized carbons (Fsp3) is 0.333. The minimum absolute atomic E-state index is 0.0508. The molecule has 0 radical (unpaired) electrons. The Kier molecular flexibility index (Phi) is 4.57. The molecule has 2 aromatic rings. The number of rotatable bonds is 4. The Hall–Kier alpha value is -2.40. The molecule has 0 bridgehead atoms. The highest BCUT2D eigenvalue weighted by atomic mass is 16.1. The fourth-order valence-corrected chi connectivity index (χ4v) is 2.88. The third-order valence-corrected chi connectivity index (χ3v) is 4.37. The molecule has 3 rings (SSSR count). The van der Waals surface area contributed by atoms with Crippen molar-refractivity contribution < 1.29 is 9.59 Å². The van der Waals surface area contributed by atoms with Crippen LogP contribution < -0.4 is 10.6 Å². The van der Waals surface area contributed by atoms with Crippen LogP contribution in [-0.4, -0.2) is 35.8 Å². The van der Waals surface area contributed by atoms with E-state index in [4.69, 9.17) is 0 Å². The number of aromatic nitrogens is 1. The van der Waals surface area contributed by atoms with E-state index in [-0.39, 0.29) is 17.7 Å². The Balaban J connectivity index is 1.67. The SMILES string of the molecule is CC1CNCCC1NC(=O)c1ccc(C(=O)c2cc[nH]c2)cc1. The first-order valence-electron chi connectivity index (χ1n) is 7.94. The molecule has 2 unspecified atom stereocenters. The summed E-state index contributed by atoms with van der Waals surface area (Å²) < 4.78 is 0. The minimum Gasteiger partial charge on any atom is -0.367 e. The second-order valence-electron chi connectivity index (χ2n) is 6.06. The van der Waals surface area contributed by atoms with Gasteiger partial charge in [-0.1, -0.05) is 19.1 Å². The minimum atomic E-state index is -0.0793. The van der Waals surface area contributed by atoms with Gasteiger partial charge in [0.05, 0.1) is 0 Å². The van der Waals surface area contributed by atoms with Gasteiger partial charge in [-0.2, -0.15) is 0 Å². The average molecular weight is 311 g/mol. The van der Waals surface area contributed by atoms with Gasteiger partial charge in [-0.05, 0) is 43.6 Å². The number of ketones is 1. The van der Waals surface area contributed by atoms with Crippen LogP contribution in [0.3, 0.4) is 0 Å². The van der Waals surface area contributed by atoms with E-state index < -0.39 is 0 Å². The Morgan fingerprint density at radius 3 is 2.48 bits per heavy atom. The second-order valence-corrected chi connectivity index (χ2v) is 6.06. The van der Waals surface area contributed by atoms with Crippen molar-refractivity contribution in [2.24, 2.45) is 5.92 Å². The van der Waals surface area contributed by atoms with Crippen LogP contribution in [0.1, 0.15) is 39.6 Å². The molecular weight excluding hydrogens is 290 g/mol. The van der Waals surface area contributed by atoms with E-state index in [0.29, 0.717) is 22.6 Å². The number of nitrogens with one attached hydrogen (secondary N) is 3. The van der Waals surface area contributed by atoms with E-state index in [0.717, 1.165) is 19.5 Å². The highest BCUT2D eigenvalue weighted by molar-refractivity contribution is 6.09. The normalized spacial score (nSPS) is 20.9. The number of amides is 1. The number of hydrogen-bond donors (Lipinski definition) is 3. The Morgan fingerprint density at radius 2 is 1.83 bits per heavy atom. The third-order valence-electron chi connectivity index (χ3n) is 4.37. The summed E-state index contributed by atoms with van der Waals surface area (Å²) in [5.41, 5.74) is 1.78. The van der Waals surface area contributed by atoms with Gasteiger partial charge in [0.25, 0.3) is 5.91 Å². The lowest BCUT2D eigenvalue weighted by Crippen LogP contribution is -2.48. The number of carbonyl (C=O) groups excluding carboxylic acids is 2. The molecule has 1 fully saturated rings. The molecule has 2 heterocycles. The maximum atomic E-state index is 12.3. The van der Waals surface area contributed by atoms with Gasteiger partial charge in [0, 0.05) is 35.1 Å². The molecule has 5 heteroatoms. The number of hydrogen-bond acceptors (Lipinski definition) is 3. The Bertz CT molecular complexity index is 677. The van der Waals surface area contributed by atoms with Crippen molar-refractivity contribution in [3.8, 4) is 0 Å². The summed E-state index contributed by atoms with van der Waals surface area (Å²) in [5.74, 6) is 0.289. The van der Waals surface area contributed by atoms with Gasteiger partial charge >= 0.3 is 0 Å². The molecule has 1 aromatic heterocycles. The van der Waals surface area contributed by atoms with Crippen molar-refractivity contribution in [2.75, 3.05) is 13.1 Å². The summed E-state index contributed by atoms with van der Waals surface area (Å²) in [5, 5.41) is 6.41. The van der Waals surface area contributed by atoms with Gasteiger partial charge < -0.3 is 15.6 Å². The maximum Gasteiger partial charge on any atom is 0.251 e. The first-order chi connectivity index (χ1) is 11.1. The number of aromatic amines is 1. The van der Waals surface area contributed by atoms with E-state index in [1.165, 1.54) is 0 Å². The first-order valence-corrected chi connectivity index (χ1v) is 7.94. The van der Waals surface area contributed by atoms with Crippen LogP contribution in [0.5, 0.6) is 0 Å². The molecule has 120 valence electrons. The summed E-state index contributed by atoms with van der Waals surface area (Å²) in [7, 11) is 0. The molecule has 3 N–H and O–H groups in total. The molecule has 1 aromatic carbocycles. The zero-order chi connectivity index (χ0) is 16.2.